The first-order valence-corrected chi connectivity index (χ1v) is 13.8. The number of ether oxygens (including phenoxy) is 1. The summed E-state index contributed by atoms with van der Waals surface area (Å²) in [5, 5.41) is 0. The van der Waals surface area contributed by atoms with Gasteiger partial charge in [0.15, 0.2) is 0 Å². The van der Waals surface area contributed by atoms with Crippen LogP contribution in [0.1, 0.15) is 95.6 Å². The van der Waals surface area contributed by atoms with Crippen molar-refractivity contribution in [3.8, 4) is 0 Å². The molecule has 6 nitrogen and oxygen atoms in total. The molecular weight excluding hydrogens is 462 g/mol. The molecule has 1 amide bonds. The molecule has 0 saturated carbocycles. The first-order chi connectivity index (χ1) is 15.3. The fourth-order valence-corrected chi connectivity index (χ4v) is 7.70. The monoisotopic (exact) mass is 509 g/mol. The van der Waals surface area contributed by atoms with Crippen LogP contribution in [-0.2, 0) is 19.0 Å². The van der Waals surface area contributed by atoms with Gasteiger partial charge in [0.1, 0.15) is 5.60 Å². The van der Waals surface area contributed by atoms with E-state index in [2.05, 4.69) is 27.7 Å². The van der Waals surface area contributed by atoms with Gasteiger partial charge < -0.3 is 4.74 Å². The lowest BCUT2D eigenvalue weighted by atomic mass is 9.44. The summed E-state index contributed by atoms with van der Waals surface area (Å²) in [6.07, 6.45) is -0.377. The summed E-state index contributed by atoms with van der Waals surface area (Å²) >= 11 is 0. The number of carbonyl (C=O) groups excluding carboxylic acids is 1. The lowest BCUT2D eigenvalue weighted by Crippen LogP contribution is -2.79. The zero-order chi connectivity index (χ0) is 27.6. The van der Waals surface area contributed by atoms with Crippen LogP contribution >= 0.6 is 0 Å². The topological polar surface area (TPSA) is 72.9 Å². The van der Waals surface area contributed by atoms with E-state index in [1.54, 1.807) is 24.3 Å². The Kier molecular flexibility index (Phi) is 7.17. The van der Waals surface area contributed by atoms with Gasteiger partial charge in [-0.15, -0.1) is 0 Å². The van der Waals surface area contributed by atoms with Crippen molar-refractivity contribution in [2.75, 3.05) is 0 Å². The van der Waals surface area contributed by atoms with Crippen molar-refractivity contribution in [2.45, 2.75) is 124 Å². The fourth-order valence-electron chi connectivity index (χ4n) is 6.47. The van der Waals surface area contributed by atoms with E-state index in [9.17, 15) is 13.2 Å². The highest BCUT2D eigenvalue weighted by molar-refractivity contribution is 7.86. The summed E-state index contributed by atoms with van der Waals surface area (Å²) in [6, 6.07) is 6.69. The molecule has 200 valence electrons. The molecule has 1 aromatic carbocycles. The minimum Gasteiger partial charge on any atom is -0.444 e. The number of piperidine rings is 1. The van der Waals surface area contributed by atoms with E-state index in [0.29, 0.717) is 0 Å². The standard InChI is InChI=1S/C28H47NO5S/c1-19-15-17-20(18-16-19)35(31,32)34-26(9,10)21-24(5,6)27(11,12)29(22(30)33-23(2,3)4)28(13,14)25(21,7)8/h15-18,21H,1-14H3. The summed E-state index contributed by atoms with van der Waals surface area (Å²) in [4.78, 5) is 15.6. The number of benzene rings is 1. The van der Waals surface area contributed by atoms with E-state index in [-0.39, 0.29) is 16.9 Å². The van der Waals surface area contributed by atoms with E-state index >= 15 is 0 Å². The highest BCUT2D eigenvalue weighted by Crippen LogP contribution is 2.64. The van der Waals surface area contributed by atoms with Gasteiger partial charge in [0, 0.05) is 17.0 Å². The lowest BCUT2D eigenvalue weighted by Gasteiger charge is -2.71. The Morgan fingerprint density at radius 2 is 1.23 bits per heavy atom. The summed E-state index contributed by atoms with van der Waals surface area (Å²) in [6.45, 7) is 27.7. The van der Waals surface area contributed by atoms with E-state index in [1.807, 2.05) is 74.1 Å². The van der Waals surface area contributed by atoms with Crippen LogP contribution in [0.4, 0.5) is 4.79 Å². The van der Waals surface area contributed by atoms with Crippen LogP contribution < -0.4 is 0 Å². The number of aryl methyl sites for hydroxylation is 1. The summed E-state index contributed by atoms with van der Waals surface area (Å²) < 4.78 is 38.7. The summed E-state index contributed by atoms with van der Waals surface area (Å²) in [5.41, 5.74) is -3.24. The average Bonchev–Trinajstić information content (AvgIpc) is 2.56. The van der Waals surface area contributed by atoms with Gasteiger partial charge in [-0.3, -0.25) is 9.08 Å². The Hall–Kier alpha value is -1.60. The van der Waals surface area contributed by atoms with E-state index in [4.69, 9.17) is 8.92 Å². The van der Waals surface area contributed by atoms with Crippen LogP contribution in [0.15, 0.2) is 29.2 Å². The van der Waals surface area contributed by atoms with Crippen molar-refractivity contribution in [1.29, 1.82) is 0 Å². The van der Waals surface area contributed by atoms with Crippen molar-refractivity contribution in [3.63, 3.8) is 0 Å². The number of hydrogen-bond acceptors (Lipinski definition) is 5. The Labute approximate surface area is 213 Å². The van der Waals surface area contributed by atoms with Gasteiger partial charge in [0.2, 0.25) is 0 Å². The molecule has 0 spiro atoms. The number of carbonyl (C=O) groups is 1. The zero-order valence-electron chi connectivity index (χ0n) is 24.3. The molecule has 1 aliphatic heterocycles. The maximum atomic E-state index is 13.6. The quantitative estimate of drug-likeness (QED) is 0.410. The van der Waals surface area contributed by atoms with Gasteiger partial charge in [0.05, 0.1) is 10.5 Å². The number of hydrogen-bond donors (Lipinski definition) is 0. The molecule has 2 rings (SSSR count). The third-order valence-corrected chi connectivity index (χ3v) is 10.1. The molecule has 0 aliphatic carbocycles. The van der Waals surface area contributed by atoms with Crippen LogP contribution in [0.25, 0.3) is 0 Å². The Morgan fingerprint density at radius 1 is 0.829 bits per heavy atom. The predicted molar refractivity (Wildman–Crippen MR) is 141 cm³/mol. The maximum Gasteiger partial charge on any atom is 0.411 e. The van der Waals surface area contributed by atoms with Crippen LogP contribution in [0.3, 0.4) is 0 Å². The molecular formula is C28H47NO5S. The van der Waals surface area contributed by atoms with Crippen molar-refractivity contribution in [2.24, 2.45) is 16.7 Å². The molecule has 1 fully saturated rings. The SMILES string of the molecule is Cc1ccc(S(=O)(=O)OC(C)(C)C2C(C)(C)C(C)(C)N(C(=O)OC(C)(C)C)C(C)(C)C2(C)C)cc1. The van der Waals surface area contributed by atoms with E-state index < -0.39 is 43.2 Å². The molecule has 1 saturated heterocycles. The van der Waals surface area contributed by atoms with Gasteiger partial charge in [-0.25, -0.2) is 4.79 Å². The number of nitrogens with zero attached hydrogens (tertiary/aromatic N) is 1. The molecule has 1 heterocycles. The molecule has 0 bridgehead atoms. The molecule has 0 N–H and O–H groups in total. The lowest BCUT2D eigenvalue weighted by molar-refractivity contribution is -0.234. The van der Waals surface area contributed by atoms with Crippen LogP contribution in [0, 0.1) is 23.7 Å². The molecule has 0 radical (unpaired) electrons. The third-order valence-electron chi connectivity index (χ3n) is 8.62. The predicted octanol–water partition coefficient (Wildman–Crippen LogP) is 6.96. The van der Waals surface area contributed by atoms with Crippen LogP contribution in [-0.4, -0.2) is 41.7 Å². The Morgan fingerprint density at radius 3 is 1.60 bits per heavy atom. The average molecular weight is 510 g/mol. The van der Waals surface area contributed by atoms with Gasteiger partial charge in [-0.2, -0.15) is 8.42 Å². The molecule has 0 unspecified atom stereocenters. The first-order valence-electron chi connectivity index (χ1n) is 12.4. The van der Waals surface area contributed by atoms with Gasteiger partial charge in [0.25, 0.3) is 10.1 Å². The smallest absolute Gasteiger partial charge is 0.411 e. The summed E-state index contributed by atoms with van der Waals surface area (Å²) in [5.74, 6) is -0.258. The molecule has 35 heavy (non-hydrogen) atoms. The van der Waals surface area contributed by atoms with Crippen LogP contribution in [0.2, 0.25) is 0 Å². The second-order valence-electron chi connectivity index (χ2n) is 13.8. The van der Waals surface area contributed by atoms with Crippen LogP contribution in [0.5, 0.6) is 0 Å². The number of likely N-dealkylation sites (tertiary alicyclic amines) is 1. The highest BCUT2D eigenvalue weighted by Gasteiger charge is 2.70. The second kappa shape index (κ2) is 8.47. The number of amides is 1. The normalized spacial score (nSPS) is 22.1. The van der Waals surface area contributed by atoms with Gasteiger partial charge in [-0.1, -0.05) is 45.4 Å². The molecule has 0 aromatic heterocycles. The molecule has 1 aliphatic rings. The van der Waals surface area contributed by atoms with Crippen molar-refractivity contribution in [3.05, 3.63) is 29.8 Å². The zero-order valence-corrected chi connectivity index (χ0v) is 25.1. The van der Waals surface area contributed by atoms with Crippen molar-refractivity contribution < 1.29 is 22.1 Å². The Bertz CT molecular complexity index is 1030. The van der Waals surface area contributed by atoms with Crippen molar-refractivity contribution in [1.82, 2.24) is 4.90 Å². The maximum absolute atomic E-state index is 13.6. The highest BCUT2D eigenvalue weighted by atomic mass is 32.2. The molecule has 0 atom stereocenters. The largest absolute Gasteiger partial charge is 0.444 e. The molecule has 7 heteroatoms. The van der Waals surface area contributed by atoms with E-state index in [1.165, 1.54) is 0 Å². The third kappa shape index (κ3) is 5.00. The number of rotatable bonds is 4. The Balaban J connectivity index is 2.65. The summed E-state index contributed by atoms with van der Waals surface area (Å²) in [7, 11) is -4.02. The van der Waals surface area contributed by atoms with E-state index in [0.717, 1.165) is 5.56 Å². The van der Waals surface area contributed by atoms with Crippen molar-refractivity contribution >= 4 is 16.2 Å². The fraction of sp³-hybridized carbons (Fsp3) is 0.750. The van der Waals surface area contributed by atoms with Gasteiger partial charge in [-0.05, 0) is 92.2 Å². The van der Waals surface area contributed by atoms with Gasteiger partial charge >= 0.3 is 6.09 Å². The second-order valence-corrected chi connectivity index (χ2v) is 15.3. The first kappa shape index (κ1) is 29.6. The minimum absolute atomic E-state index is 0.136. The molecule has 1 aromatic rings. The minimum atomic E-state index is -4.02.